The number of benzene rings is 1. The van der Waals surface area contributed by atoms with Gasteiger partial charge < -0.3 is 15.9 Å². The molecular formula is C9H13BrClNO2. The van der Waals surface area contributed by atoms with Gasteiger partial charge in [0.1, 0.15) is 5.75 Å². The third-order valence-corrected chi connectivity index (χ3v) is 2.36. The van der Waals surface area contributed by atoms with Crippen LogP contribution in [0.3, 0.4) is 0 Å². The summed E-state index contributed by atoms with van der Waals surface area (Å²) >= 11 is 3.22. The number of aliphatic hydroxyl groups excluding tert-OH is 1. The van der Waals surface area contributed by atoms with E-state index >= 15 is 0 Å². The predicted molar refractivity (Wildman–Crippen MR) is 61.7 cm³/mol. The van der Waals surface area contributed by atoms with E-state index in [0.717, 1.165) is 4.47 Å². The molecule has 80 valence electrons. The maximum Gasteiger partial charge on any atom is 0.121 e. The molecule has 1 rings (SSSR count). The minimum Gasteiger partial charge on any atom is -0.508 e. The number of rotatable bonds is 2. The van der Waals surface area contributed by atoms with Crippen molar-refractivity contribution in [2.45, 2.75) is 19.1 Å². The first-order valence-electron chi connectivity index (χ1n) is 3.94. The van der Waals surface area contributed by atoms with E-state index in [0.29, 0.717) is 5.56 Å². The van der Waals surface area contributed by atoms with Crippen LogP contribution in [0.25, 0.3) is 0 Å². The molecule has 2 atom stereocenters. The number of hydrogen-bond acceptors (Lipinski definition) is 3. The summed E-state index contributed by atoms with van der Waals surface area (Å²) in [5.41, 5.74) is 6.22. The molecule has 0 spiro atoms. The van der Waals surface area contributed by atoms with Crippen LogP contribution in [0.5, 0.6) is 5.75 Å². The molecular weight excluding hydrogens is 269 g/mol. The van der Waals surface area contributed by atoms with E-state index in [-0.39, 0.29) is 18.2 Å². The van der Waals surface area contributed by atoms with Gasteiger partial charge in [-0.3, -0.25) is 0 Å². The largest absolute Gasteiger partial charge is 0.508 e. The van der Waals surface area contributed by atoms with Crippen molar-refractivity contribution in [3.63, 3.8) is 0 Å². The smallest absolute Gasteiger partial charge is 0.121 e. The topological polar surface area (TPSA) is 66.5 Å². The quantitative estimate of drug-likeness (QED) is 0.777. The van der Waals surface area contributed by atoms with Crippen LogP contribution in [0.1, 0.15) is 18.5 Å². The fourth-order valence-corrected chi connectivity index (χ4v) is 1.41. The van der Waals surface area contributed by atoms with Crippen molar-refractivity contribution in [2.24, 2.45) is 5.73 Å². The molecule has 14 heavy (non-hydrogen) atoms. The summed E-state index contributed by atoms with van der Waals surface area (Å²) in [5, 5.41) is 18.7. The van der Waals surface area contributed by atoms with Crippen LogP contribution < -0.4 is 5.73 Å². The Morgan fingerprint density at radius 3 is 2.43 bits per heavy atom. The lowest BCUT2D eigenvalue weighted by atomic mass is 10.0. The second kappa shape index (κ2) is 5.56. The van der Waals surface area contributed by atoms with Crippen LogP contribution in [-0.4, -0.2) is 16.3 Å². The fourth-order valence-electron chi connectivity index (χ4n) is 1.06. The van der Waals surface area contributed by atoms with Gasteiger partial charge in [0, 0.05) is 10.0 Å². The molecule has 0 saturated heterocycles. The van der Waals surface area contributed by atoms with Crippen molar-refractivity contribution in [2.75, 3.05) is 0 Å². The average molecular weight is 283 g/mol. The number of nitrogens with two attached hydrogens (primary N) is 1. The molecule has 0 saturated carbocycles. The standard InChI is InChI=1S/C9H12BrNO2.ClH/c1-5(12)9(11)7-3-2-6(10)4-8(7)13;/h2-5,9,12-13H,11H2,1H3;1H/t5-,9-;/m0./s1. The Bertz CT molecular complexity index is 307. The minimum absolute atomic E-state index is 0. The van der Waals surface area contributed by atoms with Crippen molar-refractivity contribution < 1.29 is 10.2 Å². The molecule has 0 aliphatic heterocycles. The third kappa shape index (κ3) is 3.13. The molecule has 0 radical (unpaired) electrons. The van der Waals surface area contributed by atoms with Gasteiger partial charge in [0.25, 0.3) is 0 Å². The summed E-state index contributed by atoms with van der Waals surface area (Å²) in [6.07, 6.45) is -0.674. The molecule has 0 aliphatic carbocycles. The summed E-state index contributed by atoms with van der Waals surface area (Å²) in [6, 6.07) is 4.47. The first-order valence-corrected chi connectivity index (χ1v) is 4.73. The van der Waals surface area contributed by atoms with Crippen molar-refractivity contribution >= 4 is 28.3 Å². The molecule has 0 fully saturated rings. The highest BCUT2D eigenvalue weighted by Crippen LogP contribution is 2.27. The number of aliphatic hydroxyl groups is 1. The van der Waals surface area contributed by atoms with Crippen molar-refractivity contribution in [3.8, 4) is 5.75 Å². The van der Waals surface area contributed by atoms with E-state index in [1.807, 2.05) is 0 Å². The Labute approximate surface area is 97.5 Å². The molecule has 0 aliphatic rings. The number of phenolic OH excluding ortho intramolecular Hbond substituents is 1. The molecule has 0 aromatic heterocycles. The maximum absolute atomic E-state index is 9.49. The fraction of sp³-hybridized carbons (Fsp3) is 0.333. The first-order chi connectivity index (χ1) is 6.02. The van der Waals surface area contributed by atoms with Crippen LogP contribution in [0.2, 0.25) is 0 Å². The van der Waals surface area contributed by atoms with Crippen molar-refractivity contribution in [3.05, 3.63) is 28.2 Å². The van der Waals surface area contributed by atoms with E-state index in [2.05, 4.69) is 15.9 Å². The van der Waals surface area contributed by atoms with Gasteiger partial charge in [-0.1, -0.05) is 22.0 Å². The molecule has 0 heterocycles. The first kappa shape index (κ1) is 13.7. The SMILES string of the molecule is C[C@H](O)[C@H](N)c1ccc(Br)cc1O.Cl. The lowest BCUT2D eigenvalue weighted by Crippen LogP contribution is -2.23. The van der Waals surface area contributed by atoms with Crippen LogP contribution in [-0.2, 0) is 0 Å². The van der Waals surface area contributed by atoms with E-state index in [1.165, 1.54) is 0 Å². The summed E-state index contributed by atoms with van der Waals surface area (Å²) < 4.78 is 0.784. The normalized spacial score (nSPS) is 14.3. The van der Waals surface area contributed by atoms with Gasteiger partial charge in [0.2, 0.25) is 0 Å². The van der Waals surface area contributed by atoms with E-state index in [1.54, 1.807) is 25.1 Å². The molecule has 0 bridgehead atoms. The van der Waals surface area contributed by atoms with Gasteiger partial charge in [-0.2, -0.15) is 0 Å². The Morgan fingerprint density at radius 1 is 1.43 bits per heavy atom. The summed E-state index contributed by atoms with van der Waals surface area (Å²) in [6.45, 7) is 1.59. The van der Waals surface area contributed by atoms with Crippen LogP contribution >= 0.6 is 28.3 Å². The summed E-state index contributed by atoms with van der Waals surface area (Å²) in [4.78, 5) is 0. The van der Waals surface area contributed by atoms with E-state index < -0.39 is 12.1 Å². The second-order valence-electron chi connectivity index (χ2n) is 2.97. The zero-order valence-corrected chi connectivity index (χ0v) is 10.0. The number of halogens is 2. The van der Waals surface area contributed by atoms with E-state index in [9.17, 15) is 10.2 Å². The Hall–Kier alpha value is -0.290. The molecule has 5 heteroatoms. The highest BCUT2D eigenvalue weighted by molar-refractivity contribution is 9.10. The molecule has 4 N–H and O–H groups in total. The van der Waals surface area contributed by atoms with Gasteiger partial charge in [-0.15, -0.1) is 12.4 Å². The second-order valence-corrected chi connectivity index (χ2v) is 3.89. The average Bonchev–Trinajstić information content (AvgIpc) is 2.03. The van der Waals surface area contributed by atoms with Gasteiger partial charge in [-0.25, -0.2) is 0 Å². The third-order valence-electron chi connectivity index (χ3n) is 1.87. The van der Waals surface area contributed by atoms with Crippen LogP contribution in [0.4, 0.5) is 0 Å². The molecule has 3 nitrogen and oxygen atoms in total. The van der Waals surface area contributed by atoms with Crippen LogP contribution in [0.15, 0.2) is 22.7 Å². The molecule has 0 amide bonds. The Morgan fingerprint density at radius 2 is 2.00 bits per heavy atom. The zero-order valence-electron chi connectivity index (χ0n) is 7.64. The van der Waals surface area contributed by atoms with Crippen molar-refractivity contribution in [1.82, 2.24) is 0 Å². The monoisotopic (exact) mass is 281 g/mol. The maximum atomic E-state index is 9.49. The lowest BCUT2D eigenvalue weighted by Gasteiger charge is -2.16. The molecule has 1 aromatic rings. The number of aromatic hydroxyl groups is 1. The van der Waals surface area contributed by atoms with Crippen molar-refractivity contribution in [1.29, 1.82) is 0 Å². The Balaban J connectivity index is 0.00000169. The molecule has 0 unspecified atom stereocenters. The zero-order chi connectivity index (χ0) is 10.0. The highest BCUT2D eigenvalue weighted by atomic mass is 79.9. The van der Waals surface area contributed by atoms with Gasteiger partial charge >= 0.3 is 0 Å². The summed E-state index contributed by atoms with van der Waals surface area (Å²) in [5.74, 6) is 0.0998. The lowest BCUT2D eigenvalue weighted by molar-refractivity contribution is 0.163. The van der Waals surface area contributed by atoms with Crippen LogP contribution in [0, 0.1) is 0 Å². The number of phenols is 1. The Kier molecular flexibility index (Phi) is 5.44. The number of hydrogen-bond donors (Lipinski definition) is 3. The minimum atomic E-state index is -0.674. The highest BCUT2D eigenvalue weighted by Gasteiger charge is 2.15. The predicted octanol–water partition coefficient (Wildman–Crippen LogP) is 1.96. The van der Waals surface area contributed by atoms with Gasteiger partial charge in [0.15, 0.2) is 0 Å². The van der Waals surface area contributed by atoms with Gasteiger partial charge in [-0.05, 0) is 19.1 Å². The summed E-state index contributed by atoms with van der Waals surface area (Å²) in [7, 11) is 0. The van der Waals surface area contributed by atoms with Gasteiger partial charge in [0.05, 0.1) is 12.1 Å². The molecule has 1 aromatic carbocycles. The van der Waals surface area contributed by atoms with E-state index in [4.69, 9.17) is 5.73 Å².